The number of aromatic nitrogens is 1. The molecule has 0 radical (unpaired) electrons. The number of aromatic carboxylic acids is 1. The van der Waals surface area contributed by atoms with E-state index in [9.17, 15) is 9.90 Å². The normalized spacial score (nSPS) is 11.1. The molecule has 0 unspecified atom stereocenters. The lowest BCUT2D eigenvalue weighted by atomic mass is 10.1. The van der Waals surface area contributed by atoms with Crippen molar-refractivity contribution < 1.29 is 9.90 Å². The van der Waals surface area contributed by atoms with E-state index < -0.39 is 5.97 Å². The van der Waals surface area contributed by atoms with E-state index in [1.165, 1.54) is 10.5 Å². The summed E-state index contributed by atoms with van der Waals surface area (Å²) in [5.41, 5.74) is 5.30. The summed E-state index contributed by atoms with van der Waals surface area (Å²) in [7, 11) is 0. The number of thioether (sulfide) groups is 1. The number of carboxylic acids is 1. The molecule has 1 heterocycles. The SMILES string of the molecule is CSc1ccc(CCNCc2c(C(=O)O)c(C)n(Cc3cccc(Cl)c3)c2C)cc1. The van der Waals surface area contributed by atoms with Crippen LogP contribution in [0, 0.1) is 13.8 Å². The predicted molar refractivity (Wildman–Crippen MR) is 125 cm³/mol. The fraction of sp³-hybridized carbons (Fsp3) is 0.292. The number of nitrogens with zero attached hydrogens (tertiary/aromatic N) is 1. The summed E-state index contributed by atoms with van der Waals surface area (Å²) in [4.78, 5) is 13.2. The van der Waals surface area contributed by atoms with Gasteiger partial charge in [-0.25, -0.2) is 4.79 Å². The topological polar surface area (TPSA) is 54.3 Å². The van der Waals surface area contributed by atoms with Gasteiger partial charge in [0, 0.05) is 40.0 Å². The predicted octanol–water partition coefficient (Wildman–Crippen LogP) is 5.56. The fourth-order valence-electron chi connectivity index (χ4n) is 3.74. The minimum absolute atomic E-state index is 0.395. The van der Waals surface area contributed by atoms with Crippen molar-refractivity contribution in [1.29, 1.82) is 0 Å². The Morgan fingerprint density at radius 1 is 1.10 bits per heavy atom. The maximum Gasteiger partial charge on any atom is 0.337 e. The molecular weight excluding hydrogens is 416 g/mol. The smallest absolute Gasteiger partial charge is 0.337 e. The molecule has 0 fully saturated rings. The largest absolute Gasteiger partial charge is 0.478 e. The molecule has 0 saturated heterocycles. The van der Waals surface area contributed by atoms with E-state index >= 15 is 0 Å². The van der Waals surface area contributed by atoms with Gasteiger partial charge in [0.1, 0.15) is 0 Å². The van der Waals surface area contributed by atoms with Crippen LogP contribution in [0.2, 0.25) is 5.02 Å². The van der Waals surface area contributed by atoms with Crippen molar-refractivity contribution in [2.24, 2.45) is 0 Å². The van der Waals surface area contributed by atoms with Crippen molar-refractivity contribution in [3.05, 3.63) is 87.2 Å². The second-order valence-electron chi connectivity index (χ2n) is 7.32. The first kappa shape index (κ1) is 22.5. The van der Waals surface area contributed by atoms with Gasteiger partial charge in [-0.3, -0.25) is 0 Å². The third-order valence-electron chi connectivity index (χ3n) is 5.40. The first-order valence-electron chi connectivity index (χ1n) is 9.90. The van der Waals surface area contributed by atoms with Gasteiger partial charge in [-0.1, -0.05) is 35.9 Å². The second kappa shape index (κ2) is 10.2. The minimum atomic E-state index is -0.884. The van der Waals surface area contributed by atoms with Crippen LogP contribution in [0.15, 0.2) is 53.4 Å². The van der Waals surface area contributed by atoms with Crippen molar-refractivity contribution in [1.82, 2.24) is 9.88 Å². The average molecular weight is 443 g/mol. The van der Waals surface area contributed by atoms with Gasteiger partial charge < -0.3 is 15.0 Å². The molecule has 0 aliphatic carbocycles. The number of hydrogen-bond donors (Lipinski definition) is 2. The standard InChI is InChI=1S/C24H27ClN2O2S/c1-16-22(14-26-12-11-18-7-9-21(30-3)10-8-18)23(24(28)29)17(2)27(16)15-19-5-4-6-20(25)13-19/h4-10,13,26H,11-12,14-15H2,1-3H3,(H,28,29). The molecule has 0 aliphatic rings. The molecular formula is C24H27ClN2O2S. The van der Waals surface area contributed by atoms with Crippen LogP contribution in [-0.2, 0) is 19.5 Å². The lowest BCUT2D eigenvalue weighted by Gasteiger charge is -2.11. The highest BCUT2D eigenvalue weighted by molar-refractivity contribution is 7.98. The minimum Gasteiger partial charge on any atom is -0.478 e. The zero-order valence-corrected chi connectivity index (χ0v) is 19.1. The third-order valence-corrected chi connectivity index (χ3v) is 6.38. The fourth-order valence-corrected chi connectivity index (χ4v) is 4.36. The van der Waals surface area contributed by atoms with E-state index in [0.717, 1.165) is 35.5 Å². The van der Waals surface area contributed by atoms with Crippen LogP contribution in [-0.4, -0.2) is 28.4 Å². The Morgan fingerprint density at radius 2 is 1.83 bits per heavy atom. The average Bonchev–Trinajstić information content (AvgIpc) is 2.96. The van der Waals surface area contributed by atoms with Crippen molar-refractivity contribution in [3.63, 3.8) is 0 Å². The Kier molecular flexibility index (Phi) is 7.64. The van der Waals surface area contributed by atoms with Crippen LogP contribution in [0.4, 0.5) is 0 Å². The van der Waals surface area contributed by atoms with Gasteiger partial charge in [-0.2, -0.15) is 0 Å². The van der Waals surface area contributed by atoms with E-state index in [2.05, 4.69) is 40.4 Å². The van der Waals surface area contributed by atoms with Gasteiger partial charge in [-0.05, 0) is 68.5 Å². The van der Waals surface area contributed by atoms with Gasteiger partial charge >= 0.3 is 5.97 Å². The van der Waals surface area contributed by atoms with E-state index in [4.69, 9.17) is 11.6 Å². The Hall–Kier alpha value is -2.21. The van der Waals surface area contributed by atoms with Gasteiger partial charge in [0.05, 0.1) is 5.56 Å². The molecule has 30 heavy (non-hydrogen) atoms. The van der Waals surface area contributed by atoms with Gasteiger partial charge in [-0.15, -0.1) is 11.8 Å². The van der Waals surface area contributed by atoms with E-state index in [0.29, 0.717) is 23.7 Å². The van der Waals surface area contributed by atoms with Crippen molar-refractivity contribution >= 4 is 29.3 Å². The molecule has 0 amide bonds. The number of carboxylic acid groups (broad SMARTS) is 1. The molecule has 3 rings (SSSR count). The third kappa shape index (κ3) is 5.28. The van der Waals surface area contributed by atoms with Crippen LogP contribution in [0.1, 0.15) is 38.4 Å². The highest BCUT2D eigenvalue weighted by Gasteiger charge is 2.22. The van der Waals surface area contributed by atoms with Gasteiger partial charge in [0.25, 0.3) is 0 Å². The summed E-state index contributed by atoms with van der Waals surface area (Å²) in [5, 5.41) is 13.9. The van der Waals surface area contributed by atoms with Crippen molar-refractivity contribution in [2.75, 3.05) is 12.8 Å². The van der Waals surface area contributed by atoms with Crippen LogP contribution < -0.4 is 5.32 Å². The number of halogens is 1. The van der Waals surface area contributed by atoms with Crippen LogP contribution in [0.25, 0.3) is 0 Å². The van der Waals surface area contributed by atoms with Crippen molar-refractivity contribution in [3.8, 4) is 0 Å². The lowest BCUT2D eigenvalue weighted by Crippen LogP contribution is -2.18. The number of benzene rings is 2. The van der Waals surface area contributed by atoms with Gasteiger partial charge in [0.15, 0.2) is 0 Å². The maximum absolute atomic E-state index is 12.0. The Balaban J connectivity index is 1.72. The summed E-state index contributed by atoms with van der Waals surface area (Å²) in [6.45, 7) is 5.77. The van der Waals surface area contributed by atoms with Gasteiger partial charge in [0.2, 0.25) is 0 Å². The van der Waals surface area contributed by atoms with Crippen LogP contribution in [0.5, 0.6) is 0 Å². The number of hydrogen-bond acceptors (Lipinski definition) is 3. The number of nitrogens with one attached hydrogen (secondary N) is 1. The molecule has 0 aliphatic heterocycles. The summed E-state index contributed by atoms with van der Waals surface area (Å²) >= 11 is 7.85. The summed E-state index contributed by atoms with van der Waals surface area (Å²) < 4.78 is 2.06. The molecule has 0 bridgehead atoms. The van der Waals surface area contributed by atoms with Crippen LogP contribution in [0.3, 0.4) is 0 Å². The molecule has 3 aromatic rings. The molecule has 2 N–H and O–H groups in total. The molecule has 0 saturated carbocycles. The summed E-state index contributed by atoms with van der Waals surface area (Å²) in [6.07, 6.45) is 2.97. The Labute approximate surface area is 187 Å². The van der Waals surface area contributed by atoms with Crippen LogP contribution >= 0.6 is 23.4 Å². The molecule has 0 spiro atoms. The zero-order chi connectivity index (χ0) is 21.7. The quantitative estimate of drug-likeness (QED) is 0.336. The zero-order valence-electron chi connectivity index (χ0n) is 17.5. The van der Waals surface area contributed by atoms with E-state index in [1.807, 2.05) is 38.1 Å². The highest BCUT2D eigenvalue weighted by Crippen LogP contribution is 2.24. The molecule has 0 atom stereocenters. The number of carbonyl (C=O) groups is 1. The number of rotatable bonds is 9. The maximum atomic E-state index is 12.0. The van der Waals surface area contributed by atoms with E-state index in [1.54, 1.807) is 11.8 Å². The second-order valence-corrected chi connectivity index (χ2v) is 8.64. The summed E-state index contributed by atoms with van der Waals surface area (Å²) in [6, 6.07) is 16.2. The molecule has 6 heteroatoms. The van der Waals surface area contributed by atoms with E-state index in [-0.39, 0.29) is 0 Å². The molecule has 1 aromatic heterocycles. The Morgan fingerprint density at radius 3 is 2.47 bits per heavy atom. The first-order valence-corrected chi connectivity index (χ1v) is 11.5. The monoisotopic (exact) mass is 442 g/mol. The lowest BCUT2D eigenvalue weighted by molar-refractivity contribution is 0.0694. The molecule has 2 aromatic carbocycles. The van der Waals surface area contributed by atoms with Crippen molar-refractivity contribution in [2.45, 2.75) is 38.3 Å². The first-order chi connectivity index (χ1) is 14.4. The summed E-state index contributed by atoms with van der Waals surface area (Å²) in [5.74, 6) is -0.884. The molecule has 158 valence electrons. The highest BCUT2D eigenvalue weighted by atomic mass is 35.5. The molecule has 4 nitrogen and oxygen atoms in total. The Bertz CT molecular complexity index is 1030.